The van der Waals surface area contributed by atoms with Gasteiger partial charge in [0, 0.05) is 16.7 Å². The third-order valence-electron chi connectivity index (χ3n) is 2.16. The van der Waals surface area contributed by atoms with Crippen LogP contribution in [0.15, 0.2) is 35.2 Å². The molecule has 2 aromatic rings. The molecule has 4 nitrogen and oxygen atoms in total. The second-order valence-electron chi connectivity index (χ2n) is 3.73. The van der Waals surface area contributed by atoms with Crippen molar-refractivity contribution in [2.75, 3.05) is 11.1 Å². The second kappa shape index (κ2) is 5.68. The van der Waals surface area contributed by atoms with Gasteiger partial charge in [-0.25, -0.2) is 4.39 Å². The van der Waals surface area contributed by atoms with Crippen LogP contribution >= 0.6 is 11.8 Å². The number of anilines is 1. The van der Waals surface area contributed by atoms with Gasteiger partial charge in [0.15, 0.2) is 5.82 Å². The van der Waals surface area contributed by atoms with Crippen LogP contribution in [0.5, 0.6) is 0 Å². The van der Waals surface area contributed by atoms with E-state index in [1.807, 2.05) is 6.92 Å². The number of hydrogen-bond acceptors (Lipinski definition) is 3. The molecule has 0 aliphatic heterocycles. The van der Waals surface area contributed by atoms with Gasteiger partial charge >= 0.3 is 0 Å². The van der Waals surface area contributed by atoms with Crippen molar-refractivity contribution >= 4 is 23.5 Å². The normalized spacial score (nSPS) is 10.3. The predicted octanol–water partition coefficient (Wildman–Crippen LogP) is 2.59. The van der Waals surface area contributed by atoms with Gasteiger partial charge < -0.3 is 5.32 Å². The lowest BCUT2D eigenvalue weighted by molar-refractivity contribution is -0.113. The number of rotatable bonds is 4. The second-order valence-corrected chi connectivity index (χ2v) is 4.78. The van der Waals surface area contributed by atoms with Crippen LogP contribution in [0.3, 0.4) is 0 Å². The summed E-state index contributed by atoms with van der Waals surface area (Å²) < 4.78 is 12.7. The van der Waals surface area contributed by atoms with Gasteiger partial charge in [0.25, 0.3) is 0 Å². The van der Waals surface area contributed by atoms with Crippen LogP contribution in [0, 0.1) is 12.7 Å². The number of benzene rings is 1. The Morgan fingerprint density at radius 2 is 2.17 bits per heavy atom. The fraction of sp³-hybridized carbons (Fsp3) is 0.167. The quantitative estimate of drug-likeness (QED) is 0.835. The molecular weight excluding hydrogens is 253 g/mol. The summed E-state index contributed by atoms with van der Waals surface area (Å²) in [5.41, 5.74) is 0.886. The van der Waals surface area contributed by atoms with Crippen LogP contribution in [0.25, 0.3) is 0 Å². The van der Waals surface area contributed by atoms with E-state index in [1.165, 1.54) is 23.9 Å². The van der Waals surface area contributed by atoms with Crippen LogP contribution in [-0.4, -0.2) is 21.9 Å². The topological polar surface area (TPSA) is 57.8 Å². The van der Waals surface area contributed by atoms with E-state index in [0.717, 1.165) is 10.6 Å². The van der Waals surface area contributed by atoms with Crippen LogP contribution in [0.2, 0.25) is 0 Å². The molecule has 2 rings (SSSR count). The molecule has 0 fully saturated rings. The molecule has 0 bridgehead atoms. The van der Waals surface area contributed by atoms with Gasteiger partial charge in [-0.2, -0.15) is 5.10 Å². The number of aryl methyl sites for hydroxylation is 1. The summed E-state index contributed by atoms with van der Waals surface area (Å²) in [6.45, 7) is 1.86. The summed E-state index contributed by atoms with van der Waals surface area (Å²) in [5.74, 6) is 0.348. The molecule has 1 amide bonds. The molecule has 6 heteroatoms. The van der Waals surface area contributed by atoms with Crippen LogP contribution in [0.4, 0.5) is 10.2 Å². The SMILES string of the molecule is Cc1cc(NC(=O)CSc2ccc(F)cc2)n[nH]1. The summed E-state index contributed by atoms with van der Waals surface area (Å²) in [7, 11) is 0. The molecule has 0 atom stereocenters. The predicted molar refractivity (Wildman–Crippen MR) is 69.1 cm³/mol. The van der Waals surface area contributed by atoms with Crippen molar-refractivity contribution in [3.63, 3.8) is 0 Å². The van der Waals surface area contributed by atoms with Crippen molar-refractivity contribution in [1.29, 1.82) is 0 Å². The summed E-state index contributed by atoms with van der Waals surface area (Å²) >= 11 is 1.35. The highest BCUT2D eigenvalue weighted by Crippen LogP contribution is 2.18. The van der Waals surface area contributed by atoms with E-state index in [1.54, 1.807) is 18.2 Å². The Morgan fingerprint density at radius 3 is 2.78 bits per heavy atom. The Labute approximate surface area is 108 Å². The summed E-state index contributed by atoms with van der Waals surface area (Å²) in [5, 5.41) is 9.32. The highest BCUT2D eigenvalue weighted by Gasteiger charge is 2.05. The zero-order chi connectivity index (χ0) is 13.0. The fourth-order valence-corrected chi connectivity index (χ4v) is 2.04. The maximum absolute atomic E-state index is 12.7. The van der Waals surface area contributed by atoms with Crippen molar-refractivity contribution in [3.8, 4) is 0 Å². The molecule has 1 heterocycles. The number of H-pyrrole nitrogens is 1. The molecule has 2 N–H and O–H groups in total. The lowest BCUT2D eigenvalue weighted by Crippen LogP contribution is -2.14. The van der Waals surface area contributed by atoms with Crippen molar-refractivity contribution in [2.45, 2.75) is 11.8 Å². The lowest BCUT2D eigenvalue weighted by atomic mass is 10.4. The Hall–Kier alpha value is -1.82. The van der Waals surface area contributed by atoms with Gasteiger partial charge in [-0.15, -0.1) is 11.8 Å². The molecule has 0 radical (unpaired) electrons. The van der Waals surface area contributed by atoms with Gasteiger partial charge in [0.05, 0.1) is 5.75 Å². The van der Waals surface area contributed by atoms with Gasteiger partial charge in [0.1, 0.15) is 5.82 Å². The first-order valence-electron chi connectivity index (χ1n) is 5.34. The summed E-state index contributed by atoms with van der Waals surface area (Å²) in [4.78, 5) is 12.5. The van der Waals surface area contributed by atoms with E-state index in [9.17, 15) is 9.18 Å². The monoisotopic (exact) mass is 265 g/mol. The number of hydrogen-bond donors (Lipinski definition) is 2. The third kappa shape index (κ3) is 3.59. The van der Waals surface area contributed by atoms with Gasteiger partial charge in [-0.1, -0.05) is 0 Å². The van der Waals surface area contributed by atoms with Gasteiger partial charge in [0.2, 0.25) is 5.91 Å². The minimum atomic E-state index is -0.282. The van der Waals surface area contributed by atoms with Gasteiger partial charge in [-0.05, 0) is 31.2 Å². The smallest absolute Gasteiger partial charge is 0.235 e. The summed E-state index contributed by atoms with van der Waals surface area (Å²) in [6.07, 6.45) is 0. The van der Waals surface area contributed by atoms with Crippen LogP contribution in [0.1, 0.15) is 5.69 Å². The molecular formula is C12H12FN3OS. The van der Waals surface area contributed by atoms with E-state index >= 15 is 0 Å². The number of carbonyl (C=O) groups excluding carboxylic acids is 1. The molecule has 94 valence electrons. The molecule has 0 saturated carbocycles. The summed E-state index contributed by atoms with van der Waals surface area (Å²) in [6, 6.07) is 7.78. The van der Waals surface area contributed by atoms with E-state index in [0.29, 0.717) is 5.82 Å². The number of nitrogens with one attached hydrogen (secondary N) is 2. The minimum absolute atomic E-state index is 0.143. The largest absolute Gasteiger partial charge is 0.308 e. The number of nitrogens with zero attached hydrogens (tertiary/aromatic N) is 1. The molecule has 18 heavy (non-hydrogen) atoms. The molecule has 0 spiro atoms. The van der Waals surface area contributed by atoms with E-state index in [-0.39, 0.29) is 17.5 Å². The number of thioether (sulfide) groups is 1. The maximum atomic E-state index is 12.7. The van der Waals surface area contributed by atoms with E-state index in [2.05, 4.69) is 15.5 Å². The number of halogens is 1. The average Bonchev–Trinajstić information content (AvgIpc) is 2.74. The maximum Gasteiger partial charge on any atom is 0.235 e. The molecule has 1 aromatic heterocycles. The molecule has 0 aliphatic carbocycles. The Bertz CT molecular complexity index is 539. The van der Waals surface area contributed by atoms with Crippen LogP contribution in [-0.2, 0) is 4.79 Å². The fourth-order valence-electron chi connectivity index (χ4n) is 1.34. The number of carbonyl (C=O) groups is 1. The van der Waals surface area contributed by atoms with Crippen molar-refractivity contribution in [3.05, 3.63) is 41.8 Å². The molecule has 1 aromatic carbocycles. The first-order chi connectivity index (χ1) is 8.63. The lowest BCUT2D eigenvalue weighted by Gasteiger charge is -2.02. The molecule has 0 unspecified atom stereocenters. The highest BCUT2D eigenvalue weighted by molar-refractivity contribution is 8.00. The Balaban J connectivity index is 1.83. The van der Waals surface area contributed by atoms with Crippen molar-refractivity contribution in [2.24, 2.45) is 0 Å². The van der Waals surface area contributed by atoms with Crippen molar-refractivity contribution < 1.29 is 9.18 Å². The van der Waals surface area contributed by atoms with Crippen LogP contribution < -0.4 is 5.32 Å². The Kier molecular flexibility index (Phi) is 3.99. The standard InChI is InChI=1S/C12H12FN3OS/c1-8-6-11(16-15-8)14-12(17)7-18-10-4-2-9(13)3-5-10/h2-6H,7H2,1H3,(H2,14,15,16,17). The first-order valence-corrected chi connectivity index (χ1v) is 6.32. The molecule has 0 saturated heterocycles. The van der Waals surface area contributed by atoms with E-state index in [4.69, 9.17) is 0 Å². The van der Waals surface area contributed by atoms with E-state index < -0.39 is 0 Å². The number of amides is 1. The molecule has 0 aliphatic rings. The number of aromatic amines is 1. The average molecular weight is 265 g/mol. The Morgan fingerprint density at radius 1 is 1.44 bits per heavy atom. The first kappa shape index (κ1) is 12.6. The third-order valence-corrected chi connectivity index (χ3v) is 3.17. The minimum Gasteiger partial charge on any atom is -0.308 e. The highest BCUT2D eigenvalue weighted by atomic mass is 32.2. The number of aromatic nitrogens is 2. The van der Waals surface area contributed by atoms with Gasteiger partial charge in [-0.3, -0.25) is 9.89 Å². The van der Waals surface area contributed by atoms with Crippen molar-refractivity contribution in [1.82, 2.24) is 10.2 Å². The zero-order valence-corrected chi connectivity index (χ0v) is 10.6. The zero-order valence-electron chi connectivity index (χ0n) is 9.74.